The van der Waals surface area contributed by atoms with E-state index in [1.807, 2.05) is 16.8 Å². The molecule has 2 aromatic rings. The predicted octanol–water partition coefficient (Wildman–Crippen LogP) is 1.89. The van der Waals surface area contributed by atoms with Gasteiger partial charge in [-0.25, -0.2) is 13.6 Å². The molecule has 5 nitrogen and oxygen atoms in total. The lowest BCUT2D eigenvalue weighted by atomic mass is 10.2. The summed E-state index contributed by atoms with van der Waals surface area (Å²) in [5.41, 5.74) is 1.82. The largest absolute Gasteiger partial charge is 0.326 e. The van der Waals surface area contributed by atoms with E-state index in [0.717, 1.165) is 5.56 Å². The molecule has 1 heterocycles. The molecule has 106 valence electrons. The lowest BCUT2D eigenvalue weighted by Gasteiger charge is -2.11. The van der Waals surface area contributed by atoms with Gasteiger partial charge in [0, 0.05) is 5.69 Å². The highest BCUT2D eigenvalue weighted by Crippen LogP contribution is 2.22. The monoisotopic (exact) mass is 310 g/mol. The number of anilines is 1. The molecule has 0 aliphatic heterocycles. The summed E-state index contributed by atoms with van der Waals surface area (Å²) < 4.78 is 22.8. The number of hydrogen-bond acceptors (Lipinski definition) is 4. The minimum absolute atomic E-state index is 0.0193. The molecular formula is C13H14N2O3S2. The van der Waals surface area contributed by atoms with E-state index < -0.39 is 10.0 Å². The van der Waals surface area contributed by atoms with E-state index in [1.165, 1.54) is 17.4 Å². The molecule has 0 aliphatic rings. The van der Waals surface area contributed by atoms with E-state index in [9.17, 15) is 13.2 Å². The zero-order chi connectivity index (χ0) is 14.8. The van der Waals surface area contributed by atoms with Crippen molar-refractivity contribution in [3.8, 4) is 0 Å². The second-order valence-corrected chi connectivity index (χ2v) is 6.64. The molecule has 2 rings (SSSR count). The van der Waals surface area contributed by atoms with Gasteiger partial charge in [-0.15, -0.1) is 0 Å². The summed E-state index contributed by atoms with van der Waals surface area (Å²) in [5, 5.41) is 11.6. The Hall–Kier alpha value is -1.70. The van der Waals surface area contributed by atoms with Gasteiger partial charge in [0.25, 0.3) is 0 Å². The third-order valence-corrected chi connectivity index (χ3v) is 4.60. The van der Waals surface area contributed by atoms with E-state index in [-0.39, 0.29) is 17.2 Å². The third-order valence-electron chi connectivity index (χ3n) is 2.81. The lowest BCUT2D eigenvalue weighted by Crippen LogP contribution is -2.18. The molecule has 0 saturated carbocycles. The van der Waals surface area contributed by atoms with Crippen molar-refractivity contribution < 1.29 is 13.2 Å². The van der Waals surface area contributed by atoms with E-state index in [1.54, 1.807) is 19.1 Å². The fourth-order valence-corrected chi connectivity index (χ4v) is 3.30. The van der Waals surface area contributed by atoms with Gasteiger partial charge < -0.3 is 5.32 Å². The first-order valence-corrected chi connectivity index (χ1v) is 8.30. The van der Waals surface area contributed by atoms with Gasteiger partial charge >= 0.3 is 0 Å². The van der Waals surface area contributed by atoms with Gasteiger partial charge in [0.05, 0.1) is 11.3 Å². The zero-order valence-corrected chi connectivity index (χ0v) is 12.4. The van der Waals surface area contributed by atoms with Gasteiger partial charge in [-0.2, -0.15) is 11.3 Å². The van der Waals surface area contributed by atoms with Crippen molar-refractivity contribution in [2.45, 2.75) is 18.2 Å². The fraction of sp³-hybridized carbons (Fsp3) is 0.154. The maximum absolute atomic E-state index is 11.9. The highest BCUT2D eigenvalue weighted by molar-refractivity contribution is 7.89. The molecule has 1 amide bonds. The standard InChI is InChI=1S/C13H14N2O3S2/c1-9-11(3-2-4-12(9)20(14,17)18)15-13(16)7-10-5-6-19-8-10/h2-6,8H,7H2,1H3,(H,15,16)(H2,14,17,18). The molecule has 0 radical (unpaired) electrons. The van der Waals surface area contributed by atoms with Crippen molar-refractivity contribution in [3.05, 3.63) is 46.2 Å². The minimum Gasteiger partial charge on any atom is -0.326 e. The Morgan fingerprint density at radius 2 is 2.10 bits per heavy atom. The van der Waals surface area contributed by atoms with Crippen LogP contribution in [0.4, 0.5) is 5.69 Å². The first-order chi connectivity index (χ1) is 9.38. The van der Waals surface area contributed by atoms with E-state index in [2.05, 4.69) is 5.32 Å². The van der Waals surface area contributed by atoms with E-state index >= 15 is 0 Å². The summed E-state index contributed by atoms with van der Waals surface area (Å²) in [6, 6.07) is 6.49. The van der Waals surface area contributed by atoms with Gasteiger partial charge in [0.1, 0.15) is 0 Å². The van der Waals surface area contributed by atoms with Crippen molar-refractivity contribution in [2.24, 2.45) is 5.14 Å². The van der Waals surface area contributed by atoms with Crippen LogP contribution < -0.4 is 10.5 Å². The molecule has 0 saturated heterocycles. The molecule has 20 heavy (non-hydrogen) atoms. The van der Waals surface area contributed by atoms with Crippen LogP contribution in [0.2, 0.25) is 0 Å². The Kier molecular flexibility index (Phi) is 4.22. The Morgan fingerprint density at radius 1 is 1.35 bits per heavy atom. The van der Waals surface area contributed by atoms with Gasteiger partial charge in [-0.05, 0) is 47.0 Å². The Bertz CT molecular complexity index is 722. The van der Waals surface area contributed by atoms with Crippen molar-refractivity contribution in [2.75, 3.05) is 5.32 Å². The SMILES string of the molecule is Cc1c(NC(=O)Cc2ccsc2)cccc1S(N)(=O)=O. The summed E-state index contributed by atoms with van der Waals surface area (Å²) >= 11 is 1.52. The maximum atomic E-state index is 11.9. The Morgan fingerprint density at radius 3 is 2.70 bits per heavy atom. The van der Waals surface area contributed by atoms with Gasteiger partial charge in [-0.3, -0.25) is 4.79 Å². The molecule has 0 aliphatic carbocycles. The van der Waals surface area contributed by atoms with Crippen LogP contribution in [0.3, 0.4) is 0 Å². The molecule has 0 atom stereocenters. The predicted molar refractivity (Wildman–Crippen MR) is 79.2 cm³/mol. The van der Waals surface area contributed by atoms with Gasteiger partial charge in [0.15, 0.2) is 0 Å². The summed E-state index contributed by atoms with van der Waals surface area (Å²) in [7, 11) is -3.79. The lowest BCUT2D eigenvalue weighted by molar-refractivity contribution is -0.115. The van der Waals surface area contributed by atoms with Crippen LogP contribution in [0.1, 0.15) is 11.1 Å². The Labute approximate surface area is 121 Å². The van der Waals surface area contributed by atoms with Crippen LogP contribution in [-0.2, 0) is 21.2 Å². The summed E-state index contributed by atoms with van der Waals surface area (Å²) in [6.45, 7) is 1.61. The van der Waals surface area contributed by atoms with Crippen LogP contribution in [0.5, 0.6) is 0 Å². The number of amides is 1. The van der Waals surface area contributed by atoms with Gasteiger partial charge in [0.2, 0.25) is 15.9 Å². The summed E-state index contributed by atoms with van der Waals surface area (Å²) in [5.74, 6) is -0.196. The second-order valence-electron chi connectivity index (χ2n) is 4.33. The first kappa shape index (κ1) is 14.7. The van der Waals surface area contributed by atoms with Crippen molar-refractivity contribution in [1.29, 1.82) is 0 Å². The van der Waals surface area contributed by atoms with Crippen LogP contribution in [0.15, 0.2) is 39.9 Å². The van der Waals surface area contributed by atoms with Crippen LogP contribution >= 0.6 is 11.3 Å². The molecule has 0 unspecified atom stereocenters. The number of benzene rings is 1. The van der Waals surface area contributed by atoms with E-state index in [4.69, 9.17) is 5.14 Å². The fourth-order valence-electron chi connectivity index (χ4n) is 1.83. The molecule has 0 spiro atoms. The van der Waals surface area contributed by atoms with Crippen LogP contribution in [-0.4, -0.2) is 14.3 Å². The highest BCUT2D eigenvalue weighted by atomic mass is 32.2. The number of thiophene rings is 1. The number of carbonyl (C=O) groups excluding carboxylic acids is 1. The number of nitrogens with two attached hydrogens (primary N) is 1. The smallest absolute Gasteiger partial charge is 0.238 e. The first-order valence-electron chi connectivity index (χ1n) is 5.81. The number of rotatable bonds is 4. The van der Waals surface area contributed by atoms with E-state index in [0.29, 0.717) is 11.3 Å². The van der Waals surface area contributed by atoms with Gasteiger partial charge in [-0.1, -0.05) is 6.07 Å². The molecular weight excluding hydrogens is 296 g/mol. The number of nitrogens with one attached hydrogen (secondary N) is 1. The zero-order valence-electron chi connectivity index (χ0n) is 10.8. The average Bonchev–Trinajstić information content (AvgIpc) is 2.83. The second kappa shape index (κ2) is 5.74. The van der Waals surface area contributed by atoms with Crippen molar-refractivity contribution in [1.82, 2.24) is 0 Å². The van der Waals surface area contributed by atoms with Crippen molar-refractivity contribution in [3.63, 3.8) is 0 Å². The third kappa shape index (κ3) is 3.44. The number of sulfonamides is 1. The maximum Gasteiger partial charge on any atom is 0.238 e. The van der Waals surface area contributed by atoms with Crippen molar-refractivity contribution >= 4 is 33.0 Å². The highest BCUT2D eigenvalue weighted by Gasteiger charge is 2.15. The molecule has 0 fully saturated rings. The van der Waals surface area contributed by atoms with Crippen LogP contribution in [0, 0.1) is 6.92 Å². The topological polar surface area (TPSA) is 89.3 Å². The summed E-state index contributed by atoms with van der Waals surface area (Å²) in [6.07, 6.45) is 0.253. The molecule has 1 aromatic heterocycles. The Balaban J connectivity index is 2.20. The molecule has 3 N–H and O–H groups in total. The molecule has 1 aromatic carbocycles. The number of carbonyl (C=O) groups is 1. The summed E-state index contributed by atoms with van der Waals surface area (Å²) in [4.78, 5) is 11.9. The number of primary sulfonamides is 1. The quantitative estimate of drug-likeness (QED) is 0.903. The number of hydrogen-bond donors (Lipinski definition) is 2. The molecule has 7 heteroatoms. The van der Waals surface area contributed by atoms with Crippen LogP contribution in [0.25, 0.3) is 0 Å². The minimum atomic E-state index is -3.79. The average molecular weight is 310 g/mol. The molecule has 0 bridgehead atoms. The normalized spacial score (nSPS) is 11.3.